The van der Waals surface area contributed by atoms with Crippen LogP contribution >= 0.6 is 11.6 Å². The second kappa shape index (κ2) is 3.65. The van der Waals surface area contributed by atoms with Crippen molar-refractivity contribution in [1.82, 2.24) is 4.98 Å². The molecule has 0 radical (unpaired) electrons. The van der Waals surface area contributed by atoms with Crippen molar-refractivity contribution < 1.29 is 4.42 Å². The predicted octanol–water partition coefficient (Wildman–Crippen LogP) is 4.15. The fourth-order valence-electron chi connectivity index (χ4n) is 1.72. The number of halogens is 1. The molecule has 0 bridgehead atoms. The Labute approximate surface area is 97.5 Å². The van der Waals surface area contributed by atoms with Crippen molar-refractivity contribution in [2.45, 2.75) is 0 Å². The van der Waals surface area contributed by atoms with Gasteiger partial charge in [0.05, 0.1) is 0 Å². The number of benzene rings is 1. The van der Waals surface area contributed by atoms with Crippen LogP contribution in [0, 0.1) is 0 Å². The molecule has 2 aromatic heterocycles. The summed E-state index contributed by atoms with van der Waals surface area (Å²) in [6.07, 6.45) is 3.46. The van der Waals surface area contributed by atoms with Gasteiger partial charge < -0.3 is 4.42 Å². The molecular formula is C13H8ClNO. The van der Waals surface area contributed by atoms with E-state index >= 15 is 0 Å². The van der Waals surface area contributed by atoms with Gasteiger partial charge in [-0.2, -0.15) is 0 Å². The first kappa shape index (κ1) is 9.43. The van der Waals surface area contributed by atoms with Crippen molar-refractivity contribution in [2.75, 3.05) is 0 Å². The summed E-state index contributed by atoms with van der Waals surface area (Å²) < 4.78 is 5.53. The van der Waals surface area contributed by atoms with Crippen LogP contribution in [0.4, 0.5) is 0 Å². The Morgan fingerprint density at radius 3 is 2.94 bits per heavy atom. The molecule has 3 heteroatoms. The van der Waals surface area contributed by atoms with Crippen LogP contribution in [0.1, 0.15) is 0 Å². The molecule has 3 aromatic rings. The van der Waals surface area contributed by atoms with Gasteiger partial charge in [-0.15, -0.1) is 0 Å². The van der Waals surface area contributed by atoms with Crippen molar-refractivity contribution in [3.8, 4) is 11.3 Å². The van der Waals surface area contributed by atoms with Crippen LogP contribution in [0.2, 0.25) is 5.02 Å². The van der Waals surface area contributed by atoms with Crippen molar-refractivity contribution in [1.29, 1.82) is 0 Å². The maximum absolute atomic E-state index is 5.95. The van der Waals surface area contributed by atoms with Crippen molar-refractivity contribution in [2.24, 2.45) is 0 Å². The smallest absolute Gasteiger partial charge is 0.160 e. The highest BCUT2D eigenvalue weighted by Gasteiger charge is 2.09. The zero-order valence-electron chi connectivity index (χ0n) is 8.35. The maximum Gasteiger partial charge on any atom is 0.160 e. The number of fused-ring (bicyclic) bond motifs is 1. The number of rotatable bonds is 1. The van der Waals surface area contributed by atoms with E-state index in [1.807, 2.05) is 36.4 Å². The maximum atomic E-state index is 5.95. The molecule has 0 fully saturated rings. The summed E-state index contributed by atoms with van der Waals surface area (Å²) in [7, 11) is 0. The Morgan fingerprint density at radius 2 is 2.06 bits per heavy atom. The third-order valence-electron chi connectivity index (χ3n) is 2.44. The highest BCUT2D eigenvalue weighted by Crippen LogP contribution is 2.29. The van der Waals surface area contributed by atoms with E-state index in [1.54, 1.807) is 12.5 Å². The molecule has 0 spiro atoms. The van der Waals surface area contributed by atoms with Gasteiger partial charge in [0.25, 0.3) is 0 Å². The summed E-state index contributed by atoms with van der Waals surface area (Å²) in [4.78, 5) is 4.31. The van der Waals surface area contributed by atoms with Crippen LogP contribution in [0.3, 0.4) is 0 Å². The quantitative estimate of drug-likeness (QED) is 0.627. The van der Waals surface area contributed by atoms with Crippen molar-refractivity contribution >= 4 is 22.5 Å². The second-order valence-corrected chi connectivity index (χ2v) is 3.95. The lowest BCUT2D eigenvalue weighted by Gasteiger charge is -1.97. The Hall–Kier alpha value is -1.80. The topological polar surface area (TPSA) is 26.0 Å². The first-order valence-corrected chi connectivity index (χ1v) is 5.30. The average molecular weight is 230 g/mol. The average Bonchev–Trinajstić information content (AvgIpc) is 2.72. The van der Waals surface area contributed by atoms with E-state index in [-0.39, 0.29) is 0 Å². The zero-order chi connectivity index (χ0) is 11.0. The highest BCUT2D eigenvalue weighted by atomic mass is 35.5. The second-order valence-electron chi connectivity index (χ2n) is 3.52. The largest absolute Gasteiger partial charge is 0.461 e. The Bertz CT molecular complexity index is 645. The van der Waals surface area contributed by atoms with Gasteiger partial charge >= 0.3 is 0 Å². The molecular weight excluding hydrogens is 222 g/mol. The number of aromatic nitrogens is 1. The summed E-state index contributed by atoms with van der Waals surface area (Å²) in [6, 6.07) is 11.4. The van der Waals surface area contributed by atoms with E-state index in [9.17, 15) is 0 Å². The molecule has 0 N–H and O–H groups in total. The highest BCUT2D eigenvalue weighted by molar-refractivity contribution is 6.30. The molecule has 0 aliphatic carbocycles. The number of pyridine rings is 1. The number of nitrogens with zero attached hydrogens (tertiary/aromatic N) is 1. The molecule has 78 valence electrons. The summed E-state index contributed by atoms with van der Waals surface area (Å²) in [5, 5.41) is 1.69. The number of furan rings is 1. The summed E-state index contributed by atoms with van der Waals surface area (Å²) >= 11 is 5.95. The Balaban J connectivity index is 2.26. The molecule has 16 heavy (non-hydrogen) atoms. The van der Waals surface area contributed by atoms with E-state index in [1.165, 1.54) is 0 Å². The molecule has 0 aliphatic rings. The summed E-state index contributed by atoms with van der Waals surface area (Å²) in [5.41, 5.74) is 1.81. The first-order valence-electron chi connectivity index (χ1n) is 4.93. The van der Waals surface area contributed by atoms with Gasteiger partial charge in [-0.3, -0.25) is 4.98 Å². The molecule has 0 unspecified atom stereocenters. The number of hydrogen-bond acceptors (Lipinski definition) is 2. The third-order valence-corrected chi connectivity index (χ3v) is 2.68. The summed E-state index contributed by atoms with van der Waals surface area (Å²) in [6.45, 7) is 0. The van der Waals surface area contributed by atoms with Crippen LogP contribution in [0.5, 0.6) is 0 Å². The standard InChI is InChI=1S/C13H8ClNO/c14-11-5-1-3-9(7-11)13-12-10(8-16-13)4-2-6-15-12/h1-8H. The van der Waals surface area contributed by atoms with Gasteiger partial charge in [-0.05, 0) is 24.3 Å². The molecule has 0 saturated heterocycles. The van der Waals surface area contributed by atoms with Crippen LogP contribution in [-0.2, 0) is 0 Å². The van der Waals surface area contributed by atoms with Crippen LogP contribution < -0.4 is 0 Å². The third kappa shape index (κ3) is 1.48. The van der Waals surface area contributed by atoms with E-state index in [4.69, 9.17) is 16.0 Å². The Kier molecular flexibility index (Phi) is 2.15. The summed E-state index contributed by atoms with van der Waals surface area (Å²) in [5.74, 6) is 0.762. The molecule has 3 rings (SSSR count). The molecule has 0 amide bonds. The lowest BCUT2D eigenvalue weighted by Crippen LogP contribution is -1.77. The van der Waals surface area contributed by atoms with Crippen LogP contribution in [0.25, 0.3) is 22.2 Å². The van der Waals surface area contributed by atoms with E-state index in [2.05, 4.69) is 4.98 Å². The monoisotopic (exact) mass is 229 g/mol. The molecule has 0 saturated carbocycles. The fraction of sp³-hybridized carbons (Fsp3) is 0. The van der Waals surface area contributed by atoms with Gasteiger partial charge in [-0.25, -0.2) is 0 Å². The fourth-order valence-corrected chi connectivity index (χ4v) is 1.91. The van der Waals surface area contributed by atoms with Gasteiger partial charge in [0.2, 0.25) is 0 Å². The van der Waals surface area contributed by atoms with Gasteiger partial charge in [0.1, 0.15) is 11.8 Å². The molecule has 2 nitrogen and oxygen atoms in total. The lowest BCUT2D eigenvalue weighted by molar-refractivity contribution is 0.586. The van der Waals surface area contributed by atoms with Crippen molar-refractivity contribution in [3.63, 3.8) is 0 Å². The predicted molar refractivity (Wildman–Crippen MR) is 64.5 cm³/mol. The molecule has 2 heterocycles. The number of hydrogen-bond donors (Lipinski definition) is 0. The minimum Gasteiger partial charge on any atom is -0.461 e. The minimum absolute atomic E-state index is 0.693. The lowest BCUT2D eigenvalue weighted by atomic mass is 10.1. The molecule has 0 aliphatic heterocycles. The Morgan fingerprint density at radius 1 is 1.12 bits per heavy atom. The van der Waals surface area contributed by atoms with E-state index < -0.39 is 0 Å². The normalized spacial score (nSPS) is 10.8. The SMILES string of the molecule is Clc1cccc(-c2occ3cccnc23)c1. The molecule has 1 aromatic carbocycles. The van der Waals surface area contributed by atoms with Crippen LogP contribution in [-0.4, -0.2) is 4.98 Å². The van der Waals surface area contributed by atoms with E-state index in [0.29, 0.717) is 5.02 Å². The van der Waals surface area contributed by atoms with Crippen LogP contribution in [0.15, 0.2) is 53.3 Å². The zero-order valence-corrected chi connectivity index (χ0v) is 9.11. The van der Waals surface area contributed by atoms with Gasteiger partial charge in [0.15, 0.2) is 5.76 Å². The van der Waals surface area contributed by atoms with E-state index in [0.717, 1.165) is 22.2 Å². The van der Waals surface area contributed by atoms with Gasteiger partial charge in [0, 0.05) is 22.2 Å². The minimum atomic E-state index is 0.693. The first-order chi connectivity index (χ1) is 7.84. The van der Waals surface area contributed by atoms with Crippen molar-refractivity contribution in [3.05, 3.63) is 53.9 Å². The van der Waals surface area contributed by atoms with Gasteiger partial charge in [-0.1, -0.05) is 23.7 Å². The molecule has 0 atom stereocenters.